The number of hydrogen-bond acceptors (Lipinski definition) is 15. The molecule has 36 heavy (non-hydrogen) atoms. The fraction of sp³-hybridized carbons (Fsp3) is 0.688. The molecule has 3 heterocycles. The summed E-state index contributed by atoms with van der Waals surface area (Å²) in [5.74, 6) is -0.473. The van der Waals surface area contributed by atoms with Crippen molar-refractivity contribution in [3.63, 3.8) is 0 Å². The smallest absolute Gasteiger partial charge is 0.394 e. The molecule has 0 saturated carbocycles. The van der Waals surface area contributed by atoms with Crippen molar-refractivity contribution in [2.45, 2.75) is 54.4 Å². The maximum absolute atomic E-state index is 12.2. The molecule has 0 spiro atoms. The third-order valence-electron chi connectivity index (χ3n) is 5.27. The van der Waals surface area contributed by atoms with Gasteiger partial charge in [-0.2, -0.15) is 16.9 Å². The Morgan fingerprint density at radius 2 is 1.72 bits per heavy atom. The Morgan fingerprint density at radius 3 is 2.33 bits per heavy atom. The van der Waals surface area contributed by atoms with Crippen LogP contribution in [0, 0.1) is 0 Å². The largest absolute Gasteiger partial charge is 0.483 e. The van der Waals surface area contributed by atoms with E-state index in [0.717, 1.165) is 6.08 Å². The number of ether oxygens (including phenoxy) is 2. The highest BCUT2D eigenvalue weighted by atomic mass is 32.1. The summed E-state index contributed by atoms with van der Waals surface area (Å²) < 4.78 is 48.2. The molecule has 3 rings (SSSR count). The second kappa shape index (κ2) is 11.4. The molecule has 11 atom stereocenters. The molecule has 5 unspecified atom stereocenters. The minimum Gasteiger partial charge on any atom is -0.394 e. The van der Waals surface area contributed by atoms with Crippen LogP contribution in [0.25, 0.3) is 0 Å². The first-order valence-corrected chi connectivity index (χ1v) is 13.6. The van der Waals surface area contributed by atoms with E-state index >= 15 is 0 Å². The molecule has 0 bridgehead atoms. The van der Waals surface area contributed by atoms with Gasteiger partial charge in [-0.25, -0.2) is 9.13 Å². The number of thiol groups is 1. The molecule has 206 valence electrons. The average Bonchev–Trinajstić information content (AvgIpc) is 3.06. The van der Waals surface area contributed by atoms with Crippen molar-refractivity contribution in [1.82, 2.24) is 10.2 Å². The first kappa shape index (κ1) is 29.6. The van der Waals surface area contributed by atoms with E-state index in [4.69, 9.17) is 9.47 Å². The summed E-state index contributed by atoms with van der Waals surface area (Å²) in [6.45, 7) is 1.88. The summed E-state index contributed by atoms with van der Waals surface area (Å²) in [5.41, 5.74) is 0. The van der Waals surface area contributed by atoms with Crippen LogP contribution in [-0.2, 0) is 36.8 Å². The molecule has 0 aromatic heterocycles. The van der Waals surface area contributed by atoms with Gasteiger partial charge in [0.05, 0.1) is 24.6 Å². The van der Waals surface area contributed by atoms with Crippen molar-refractivity contribution in [2.24, 2.45) is 0 Å². The summed E-state index contributed by atoms with van der Waals surface area (Å²) in [7, 11) is -10.9. The molecular weight excluding hydrogens is 554 g/mol. The molecular formula is C16H26N2O15P2S. The number of nitrogens with zero attached hydrogens (tertiary/aromatic N) is 1. The van der Waals surface area contributed by atoms with Crippen LogP contribution in [0.4, 0.5) is 0 Å². The van der Waals surface area contributed by atoms with Crippen LogP contribution in [0.3, 0.4) is 0 Å². The van der Waals surface area contributed by atoms with Gasteiger partial charge in [0.2, 0.25) is 0 Å². The van der Waals surface area contributed by atoms with Gasteiger partial charge in [-0.3, -0.25) is 13.8 Å². The minimum absolute atomic E-state index is 0.0152. The van der Waals surface area contributed by atoms with Crippen LogP contribution in [-0.4, -0.2) is 114 Å². The number of rotatable bonds is 9. The third kappa shape index (κ3) is 6.74. The van der Waals surface area contributed by atoms with Crippen LogP contribution in [0.5, 0.6) is 0 Å². The lowest BCUT2D eigenvalue weighted by molar-refractivity contribution is -0.241. The monoisotopic (exact) mass is 580 g/mol. The predicted molar refractivity (Wildman–Crippen MR) is 117 cm³/mol. The Kier molecular flexibility index (Phi) is 9.42. The van der Waals surface area contributed by atoms with E-state index in [1.807, 2.05) is 0 Å². The highest BCUT2D eigenvalue weighted by Gasteiger charge is 2.49. The summed E-state index contributed by atoms with van der Waals surface area (Å²) >= 11 is 3.91. The normalized spacial score (nSPS) is 40.6. The quantitative estimate of drug-likeness (QED) is 0.0963. The Morgan fingerprint density at radius 1 is 1.06 bits per heavy atom. The molecule has 3 aliphatic heterocycles. The zero-order valence-electron chi connectivity index (χ0n) is 18.2. The van der Waals surface area contributed by atoms with E-state index in [-0.39, 0.29) is 5.82 Å². The highest BCUT2D eigenvalue weighted by Crippen LogP contribution is 2.61. The van der Waals surface area contributed by atoms with Crippen LogP contribution < -0.4 is 5.32 Å². The van der Waals surface area contributed by atoms with Gasteiger partial charge in [-0.05, 0) is 0 Å². The van der Waals surface area contributed by atoms with Crippen LogP contribution in [0.15, 0.2) is 24.7 Å². The van der Waals surface area contributed by atoms with E-state index in [1.165, 1.54) is 11.1 Å². The zero-order valence-corrected chi connectivity index (χ0v) is 20.8. The molecule has 0 aromatic carbocycles. The summed E-state index contributed by atoms with van der Waals surface area (Å²) in [6, 6.07) is 0. The van der Waals surface area contributed by atoms with Crippen molar-refractivity contribution in [3.8, 4) is 0 Å². The lowest BCUT2D eigenvalue weighted by Gasteiger charge is -2.40. The Hall–Kier alpha value is -0.920. The Bertz CT molecular complexity index is 968. The number of carbonyl (C=O) groups is 1. The number of hydrogen-bond donors (Lipinski definition) is 9. The van der Waals surface area contributed by atoms with Gasteiger partial charge in [0, 0.05) is 12.3 Å². The van der Waals surface area contributed by atoms with E-state index in [2.05, 4.69) is 37.9 Å². The molecule has 0 aromatic rings. The molecule has 17 nitrogen and oxygen atoms in total. The maximum Gasteiger partial charge on any atom is 0.483 e. The summed E-state index contributed by atoms with van der Waals surface area (Å²) in [4.78, 5) is 32.2. The number of aliphatic hydroxyl groups excluding tert-OH is 5. The standard InChI is InChI=1S/C16H26N2O15P2S/c1-6-17-9(20)2-3-18(6)15-12(23)10(21)8(30-15)5-29-34(25,26)33-35(27,28)32-16-13(24)14(36)11(22)7(4-19)31-16/h2-3,7-8,10-16,19,21-24,36H,1,4-5H2,(H,17,20)(H,25,26)(H,27,28)/t7?,8-,10?,11+,12+,13?,14+,15-,16+/m1/s1. The van der Waals surface area contributed by atoms with Gasteiger partial charge in [0.15, 0.2) is 12.5 Å². The second-order valence-corrected chi connectivity index (χ2v) is 11.4. The zero-order chi connectivity index (χ0) is 27.0. The molecule has 2 saturated heterocycles. The molecule has 1 amide bonds. The lowest BCUT2D eigenvalue weighted by atomic mass is 10.0. The number of phosphoric acid groups is 2. The second-order valence-electron chi connectivity index (χ2n) is 7.82. The van der Waals surface area contributed by atoms with Gasteiger partial charge in [-0.15, -0.1) is 0 Å². The summed E-state index contributed by atoms with van der Waals surface area (Å²) in [5, 5.41) is 50.6. The number of phosphoric ester groups is 2. The molecule has 0 aliphatic carbocycles. The van der Waals surface area contributed by atoms with Crippen molar-refractivity contribution in [3.05, 3.63) is 24.7 Å². The maximum atomic E-state index is 12.2. The van der Waals surface area contributed by atoms with E-state index in [9.17, 15) is 49.2 Å². The predicted octanol–water partition coefficient (Wildman–Crippen LogP) is -3.16. The topological polar surface area (TPSA) is 254 Å². The first-order chi connectivity index (χ1) is 16.7. The Labute approximate surface area is 209 Å². The molecule has 2 fully saturated rings. The van der Waals surface area contributed by atoms with Crippen LogP contribution in [0.1, 0.15) is 0 Å². The number of amides is 1. The molecule has 8 N–H and O–H groups in total. The van der Waals surface area contributed by atoms with Gasteiger partial charge in [0.25, 0.3) is 5.91 Å². The van der Waals surface area contributed by atoms with E-state index < -0.39 is 89.2 Å². The first-order valence-electron chi connectivity index (χ1n) is 10.1. The van der Waals surface area contributed by atoms with Gasteiger partial charge in [0.1, 0.15) is 36.3 Å². The van der Waals surface area contributed by atoms with Gasteiger partial charge in [-0.1, -0.05) is 6.58 Å². The SMILES string of the molecule is C=C1NC(=O)C=CN1[C@@H]1O[C@H](COP(=O)(O)OP(=O)(O)O[C@@H]2OC(CO)[C@H](O)[C@H](S)C2O)C(O)[C@@H]1O. The van der Waals surface area contributed by atoms with E-state index in [1.54, 1.807) is 0 Å². The average molecular weight is 580 g/mol. The molecule has 0 radical (unpaired) electrons. The highest BCUT2D eigenvalue weighted by molar-refractivity contribution is 7.81. The number of nitrogens with one attached hydrogen (secondary N) is 1. The van der Waals surface area contributed by atoms with Crippen molar-refractivity contribution >= 4 is 34.2 Å². The van der Waals surface area contributed by atoms with Crippen LogP contribution in [0.2, 0.25) is 0 Å². The number of aliphatic hydroxyl groups is 5. The van der Waals surface area contributed by atoms with Crippen molar-refractivity contribution in [2.75, 3.05) is 13.2 Å². The van der Waals surface area contributed by atoms with Gasteiger partial charge >= 0.3 is 15.6 Å². The van der Waals surface area contributed by atoms with Crippen LogP contribution >= 0.6 is 28.3 Å². The van der Waals surface area contributed by atoms with Crippen molar-refractivity contribution < 1.29 is 72.1 Å². The summed E-state index contributed by atoms with van der Waals surface area (Å²) in [6.07, 6.45) is -10.3. The number of carbonyl (C=O) groups excluding carboxylic acids is 1. The molecule has 3 aliphatic rings. The fourth-order valence-corrected chi connectivity index (χ4v) is 5.94. The molecule has 20 heteroatoms. The van der Waals surface area contributed by atoms with Crippen molar-refractivity contribution in [1.29, 1.82) is 0 Å². The third-order valence-corrected chi connectivity index (χ3v) is 8.48. The fourth-order valence-electron chi connectivity index (χ4n) is 3.45. The van der Waals surface area contributed by atoms with E-state index in [0.29, 0.717) is 0 Å². The lowest BCUT2D eigenvalue weighted by Crippen LogP contribution is -2.56. The van der Waals surface area contributed by atoms with Gasteiger partial charge < -0.3 is 55.0 Å². The minimum atomic E-state index is -5.48. The Balaban J connectivity index is 1.58.